The van der Waals surface area contributed by atoms with Crippen LogP contribution in [0.5, 0.6) is 0 Å². The first-order chi connectivity index (χ1) is 8.72. The molecule has 0 radical (unpaired) electrons. The average Bonchev–Trinajstić information content (AvgIpc) is 2.95. The molecule has 0 atom stereocenters. The summed E-state index contributed by atoms with van der Waals surface area (Å²) in [5.74, 6) is 1.25. The molecule has 0 spiro atoms. The van der Waals surface area contributed by atoms with Crippen molar-refractivity contribution in [3.8, 4) is 6.07 Å². The highest BCUT2D eigenvalue weighted by atomic mass is 15.4. The molecular formula is C14H22N4. The molecule has 0 unspecified atom stereocenters. The minimum absolute atomic E-state index is 0.396. The van der Waals surface area contributed by atoms with Crippen LogP contribution in [-0.4, -0.2) is 15.0 Å². The Morgan fingerprint density at radius 2 is 2.11 bits per heavy atom. The lowest BCUT2D eigenvalue weighted by molar-refractivity contribution is 0.455. The predicted octanol–water partition coefficient (Wildman–Crippen LogP) is 3.05. The van der Waals surface area contributed by atoms with Crippen LogP contribution in [0.4, 0.5) is 0 Å². The summed E-state index contributed by atoms with van der Waals surface area (Å²) in [4.78, 5) is 0. The van der Waals surface area contributed by atoms with Crippen LogP contribution in [0.1, 0.15) is 63.3 Å². The van der Waals surface area contributed by atoms with E-state index in [-0.39, 0.29) is 0 Å². The van der Waals surface area contributed by atoms with Gasteiger partial charge in [0.2, 0.25) is 0 Å². The summed E-state index contributed by atoms with van der Waals surface area (Å²) in [6.07, 6.45) is 6.57. The van der Waals surface area contributed by atoms with E-state index in [9.17, 15) is 0 Å². The number of hydrogen-bond acceptors (Lipinski definition) is 3. The van der Waals surface area contributed by atoms with Gasteiger partial charge in [0.1, 0.15) is 5.69 Å². The number of hydrogen-bond donors (Lipinski definition) is 0. The van der Waals surface area contributed by atoms with Gasteiger partial charge in [0.25, 0.3) is 0 Å². The minimum atomic E-state index is 0.396. The molecule has 98 valence electrons. The first-order valence-electron chi connectivity index (χ1n) is 7.01. The molecule has 18 heavy (non-hydrogen) atoms. The van der Waals surface area contributed by atoms with Gasteiger partial charge in [-0.15, -0.1) is 5.10 Å². The molecule has 1 fully saturated rings. The number of rotatable bonds is 5. The second kappa shape index (κ2) is 5.99. The molecule has 0 amide bonds. The van der Waals surface area contributed by atoms with Crippen LogP contribution in [0.15, 0.2) is 0 Å². The zero-order valence-corrected chi connectivity index (χ0v) is 11.4. The number of aryl methyl sites for hydroxylation is 1. The molecule has 0 aliphatic heterocycles. The Kier molecular flexibility index (Phi) is 4.35. The topological polar surface area (TPSA) is 54.5 Å². The lowest BCUT2D eigenvalue weighted by Gasteiger charge is -2.14. The third-order valence-electron chi connectivity index (χ3n) is 3.75. The van der Waals surface area contributed by atoms with E-state index >= 15 is 0 Å². The number of nitriles is 1. The van der Waals surface area contributed by atoms with E-state index < -0.39 is 0 Å². The fraction of sp³-hybridized carbons (Fsp3) is 0.786. The highest BCUT2D eigenvalue weighted by molar-refractivity contribution is 5.19. The maximum Gasteiger partial charge on any atom is 0.100 e. The standard InChI is InChI=1S/C14H22N4/c1-11(2)8-10-18-14(12-5-3-4-6-12)13(7-9-15)16-17-18/h11-12H,3-8,10H2,1-2H3. The highest BCUT2D eigenvalue weighted by Gasteiger charge is 2.25. The summed E-state index contributed by atoms with van der Waals surface area (Å²) < 4.78 is 2.06. The Morgan fingerprint density at radius 1 is 1.39 bits per heavy atom. The second-order valence-electron chi connectivity index (χ2n) is 5.64. The summed E-state index contributed by atoms with van der Waals surface area (Å²) in [5, 5.41) is 17.4. The maximum absolute atomic E-state index is 8.89. The van der Waals surface area contributed by atoms with E-state index in [1.807, 2.05) is 0 Å². The van der Waals surface area contributed by atoms with Gasteiger partial charge in [-0.3, -0.25) is 0 Å². The Bertz CT molecular complexity index is 421. The van der Waals surface area contributed by atoms with Crippen LogP contribution in [0.2, 0.25) is 0 Å². The molecule has 0 saturated heterocycles. The molecule has 1 heterocycles. The fourth-order valence-corrected chi connectivity index (χ4v) is 2.75. The Morgan fingerprint density at radius 3 is 2.72 bits per heavy atom. The van der Waals surface area contributed by atoms with Crippen LogP contribution in [0.25, 0.3) is 0 Å². The fourth-order valence-electron chi connectivity index (χ4n) is 2.75. The minimum Gasteiger partial charge on any atom is -0.249 e. The zero-order valence-electron chi connectivity index (χ0n) is 11.4. The van der Waals surface area contributed by atoms with Crippen molar-refractivity contribution < 1.29 is 0 Å². The van der Waals surface area contributed by atoms with Gasteiger partial charge in [0.15, 0.2) is 0 Å². The summed E-state index contributed by atoms with van der Waals surface area (Å²) in [5.41, 5.74) is 2.16. The van der Waals surface area contributed by atoms with Crippen molar-refractivity contribution in [3.05, 3.63) is 11.4 Å². The zero-order chi connectivity index (χ0) is 13.0. The Balaban J connectivity index is 2.20. The van der Waals surface area contributed by atoms with Crippen LogP contribution in [0, 0.1) is 17.2 Å². The third kappa shape index (κ3) is 2.90. The molecule has 4 nitrogen and oxygen atoms in total. The Hall–Kier alpha value is -1.37. The van der Waals surface area contributed by atoms with E-state index in [0.717, 1.165) is 18.7 Å². The van der Waals surface area contributed by atoms with Gasteiger partial charge < -0.3 is 0 Å². The molecule has 0 N–H and O–H groups in total. The molecule has 1 aliphatic carbocycles. The van der Waals surface area contributed by atoms with Crippen molar-refractivity contribution >= 4 is 0 Å². The predicted molar refractivity (Wildman–Crippen MR) is 70.0 cm³/mol. The summed E-state index contributed by atoms with van der Waals surface area (Å²) in [7, 11) is 0. The van der Waals surface area contributed by atoms with Crippen LogP contribution >= 0.6 is 0 Å². The van der Waals surface area contributed by atoms with Gasteiger partial charge >= 0.3 is 0 Å². The lowest BCUT2D eigenvalue weighted by atomic mass is 10.0. The molecule has 1 aromatic heterocycles. The van der Waals surface area contributed by atoms with E-state index in [1.165, 1.54) is 31.4 Å². The molecule has 4 heteroatoms. The van der Waals surface area contributed by atoms with Crippen LogP contribution in [-0.2, 0) is 13.0 Å². The third-order valence-corrected chi connectivity index (χ3v) is 3.75. The van der Waals surface area contributed by atoms with Gasteiger partial charge in [-0.05, 0) is 25.2 Å². The summed E-state index contributed by atoms with van der Waals surface area (Å²) in [6, 6.07) is 2.21. The summed E-state index contributed by atoms with van der Waals surface area (Å²) >= 11 is 0. The quantitative estimate of drug-likeness (QED) is 0.802. The van der Waals surface area contributed by atoms with Crippen molar-refractivity contribution in [2.45, 2.75) is 64.8 Å². The van der Waals surface area contributed by atoms with E-state index in [0.29, 0.717) is 18.3 Å². The molecule has 1 aromatic rings. The van der Waals surface area contributed by atoms with Crippen molar-refractivity contribution in [1.29, 1.82) is 5.26 Å². The van der Waals surface area contributed by atoms with E-state index in [4.69, 9.17) is 5.26 Å². The van der Waals surface area contributed by atoms with E-state index in [2.05, 4.69) is 34.9 Å². The average molecular weight is 246 g/mol. The number of aromatic nitrogens is 3. The Labute approximate surface area is 109 Å². The van der Waals surface area contributed by atoms with Gasteiger partial charge in [-0.2, -0.15) is 5.26 Å². The smallest absolute Gasteiger partial charge is 0.100 e. The second-order valence-corrected chi connectivity index (χ2v) is 5.64. The van der Waals surface area contributed by atoms with Crippen molar-refractivity contribution in [3.63, 3.8) is 0 Å². The largest absolute Gasteiger partial charge is 0.249 e. The monoisotopic (exact) mass is 246 g/mol. The normalized spacial score (nSPS) is 16.3. The van der Waals surface area contributed by atoms with Gasteiger partial charge in [-0.1, -0.05) is 31.9 Å². The van der Waals surface area contributed by atoms with Gasteiger partial charge in [-0.25, -0.2) is 4.68 Å². The van der Waals surface area contributed by atoms with Gasteiger partial charge in [0.05, 0.1) is 18.2 Å². The maximum atomic E-state index is 8.89. The molecule has 1 saturated carbocycles. The van der Waals surface area contributed by atoms with Crippen molar-refractivity contribution in [1.82, 2.24) is 15.0 Å². The van der Waals surface area contributed by atoms with Crippen LogP contribution in [0.3, 0.4) is 0 Å². The van der Waals surface area contributed by atoms with Gasteiger partial charge in [0, 0.05) is 12.5 Å². The van der Waals surface area contributed by atoms with Crippen molar-refractivity contribution in [2.24, 2.45) is 5.92 Å². The first-order valence-corrected chi connectivity index (χ1v) is 7.01. The van der Waals surface area contributed by atoms with E-state index in [1.54, 1.807) is 0 Å². The lowest BCUT2D eigenvalue weighted by Crippen LogP contribution is -2.11. The number of nitrogens with zero attached hydrogens (tertiary/aromatic N) is 4. The summed E-state index contributed by atoms with van der Waals surface area (Å²) in [6.45, 7) is 5.38. The van der Waals surface area contributed by atoms with Crippen LogP contribution < -0.4 is 0 Å². The molecule has 0 bridgehead atoms. The molecular weight excluding hydrogens is 224 g/mol. The molecule has 2 rings (SSSR count). The molecule has 1 aliphatic rings. The van der Waals surface area contributed by atoms with Crippen molar-refractivity contribution in [2.75, 3.05) is 0 Å². The SMILES string of the molecule is CC(C)CCn1nnc(CC#N)c1C1CCCC1. The molecule has 0 aromatic carbocycles. The first kappa shape index (κ1) is 13.1. The highest BCUT2D eigenvalue weighted by Crippen LogP contribution is 2.35.